The molecule has 0 bridgehead atoms. The van der Waals surface area contributed by atoms with Crippen molar-refractivity contribution in [1.82, 2.24) is 4.57 Å². The minimum absolute atomic E-state index is 0.0377. The number of aromatic nitrogens is 1. The Hall–Kier alpha value is -3.70. The van der Waals surface area contributed by atoms with Crippen LogP contribution >= 0.6 is 11.3 Å². The van der Waals surface area contributed by atoms with E-state index in [1.54, 1.807) is 10.6 Å². The third-order valence-corrected chi connectivity index (χ3v) is 6.23. The molecule has 3 aromatic rings. The Balaban J connectivity index is 1.64. The molecule has 2 aliphatic rings. The largest absolute Gasteiger partial charge is 0.454 e. The number of nitrogens with zero attached hydrogens (tertiary/aromatic N) is 2. The van der Waals surface area contributed by atoms with E-state index in [0.717, 1.165) is 16.1 Å². The summed E-state index contributed by atoms with van der Waals surface area (Å²) < 4.78 is 18.2. The number of thiophene rings is 1. The zero-order chi connectivity index (χ0) is 20.8. The van der Waals surface area contributed by atoms with E-state index in [1.165, 1.54) is 11.3 Å². The van der Waals surface area contributed by atoms with Crippen LogP contribution in [0.25, 0.3) is 0 Å². The molecule has 1 aromatic carbocycles. The van der Waals surface area contributed by atoms with Crippen molar-refractivity contribution in [2.75, 3.05) is 6.79 Å². The van der Waals surface area contributed by atoms with Crippen molar-refractivity contribution >= 4 is 11.3 Å². The number of aryl methyl sites for hydroxylation is 1. The number of hydrogen-bond donors (Lipinski definition) is 1. The molecule has 8 heteroatoms. The van der Waals surface area contributed by atoms with Gasteiger partial charge < -0.3 is 24.5 Å². The Morgan fingerprint density at radius 3 is 2.83 bits per heavy atom. The highest BCUT2D eigenvalue weighted by Gasteiger charge is 2.35. The van der Waals surface area contributed by atoms with E-state index in [9.17, 15) is 10.1 Å². The maximum Gasteiger partial charge on any atom is 0.259 e. The van der Waals surface area contributed by atoms with Gasteiger partial charge in [0.25, 0.3) is 5.56 Å². The second-order valence-corrected chi connectivity index (χ2v) is 8.06. The highest BCUT2D eigenvalue weighted by molar-refractivity contribution is 7.10. The summed E-state index contributed by atoms with van der Waals surface area (Å²) in [5.41, 5.74) is 8.13. The zero-order valence-electron chi connectivity index (χ0n) is 16.0. The molecular formula is C22H17N3O4S. The highest BCUT2D eigenvalue weighted by atomic mass is 32.1. The van der Waals surface area contributed by atoms with Crippen LogP contribution < -0.4 is 25.5 Å². The maximum absolute atomic E-state index is 13.6. The molecule has 2 N–H and O–H groups in total. The Bertz CT molecular complexity index is 1280. The van der Waals surface area contributed by atoms with E-state index in [-0.39, 0.29) is 23.8 Å². The van der Waals surface area contributed by atoms with Gasteiger partial charge in [-0.2, -0.15) is 5.26 Å². The zero-order valence-corrected chi connectivity index (χ0v) is 16.9. The van der Waals surface area contributed by atoms with Gasteiger partial charge >= 0.3 is 0 Å². The predicted octanol–water partition coefficient (Wildman–Crippen LogP) is 3.21. The van der Waals surface area contributed by atoms with Crippen LogP contribution in [0.1, 0.15) is 27.6 Å². The number of ether oxygens (including phenoxy) is 3. The second-order valence-electron chi connectivity index (χ2n) is 7.08. The van der Waals surface area contributed by atoms with Crippen LogP contribution in [0.4, 0.5) is 0 Å². The standard InChI is InChI=1S/C22H17N3O4S/c1-12-7-17-20(19(18-3-2-6-30-18)14(9-23)21(24)29-17)22(26)25(12)10-13-4-5-15-16(8-13)28-11-27-15/h2-8,19H,10-11,24H2,1H3/t19-/m0/s1. The van der Waals surface area contributed by atoms with E-state index >= 15 is 0 Å². The third-order valence-electron chi connectivity index (χ3n) is 5.30. The quantitative estimate of drug-likeness (QED) is 0.700. The summed E-state index contributed by atoms with van der Waals surface area (Å²) in [7, 11) is 0. The number of fused-ring (bicyclic) bond motifs is 2. The first-order chi connectivity index (χ1) is 14.6. The molecule has 0 fully saturated rings. The van der Waals surface area contributed by atoms with Gasteiger partial charge in [0.15, 0.2) is 11.5 Å². The van der Waals surface area contributed by atoms with Crippen LogP contribution in [0.3, 0.4) is 0 Å². The number of benzene rings is 1. The van der Waals surface area contributed by atoms with Gasteiger partial charge in [0.05, 0.1) is 18.0 Å². The third kappa shape index (κ3) is 2.83. The Labute approximate surface area is 176 Å². The summed E-state index contributed by atoms with van der Waals surface area (Å²) in [6, 6.07) is 13.3. The fourth-order valence-corrected chi connectivity index (χ4v) is 4.69. The first-order valence-electron chi connectivity index (χ1n) is 9.30. The lowest BCUT2D eigenvalue weighted by Crippen LogP contribution is -2.32. The first-order valence-corrected chi connectivity index (χ1v) is 10.2. The molecule has 0 spiro atoms. The van der Waals surface area contributed by atoms with Crippen LogP contribution in [0, 0.1) is 18.3 Å². The summed E-state index contributed by atoms with van der Waals surface area (Å²) in [6.45, 7) is 2.39. The number of pyridine rings is 1. The van der Waals surface area contributed by atoms with Crippen LogP contribution in [-0.4, -0.2) is 11.4 Å². The Kier molecular flexibility index (Phi) is 4.26. The minimum atomic E-state index is -0.546. The number of rotatable bonds is 3. The lowest BCUT2D eigenvalue weighted by atomic mass is 9.88. The van der Waals surface area contributed by atoms with Gasteiger partial charge in [0.2, 0.25) is 12.7 Å². The van der Waals surface area contributed by atoms with Crippen molar-refractivity contribution in [1.29, 1.82) is 5.26 Å². The van der Waals surface area contributed by atoms with Crippen molar-refractivity contribution in [3.63, 3.8) is 0 Å². The average Bonchev–Trinajstić information content (AvgIpc) is 3.41. The van der Waals surface area contributed by atoms with E-state index < -0.39 is 5.92 Å². The Morgan fingerprint density at radius 2 is 2.07 bits per heavy atom. The monoisotopic (exact) mass is 419 g/mol. The van der Waals surface area contributed by atoms with Crippen molar-refractivity contribution < 1.29 is 14.2 Å². The lowest BCUT2D eigenvalue weighted by molar-refractivity contribution is 0.174. The predicted molar refractivity (Wildman–Crippen MR) is 111 cm³/mol. The topological polar surface area (TPSA) is 99.5 Å². The van der Waals surface area contributed by atoms with Gasteiger partial charge in [-0.3, -0.25) is 4.79 Å². The summed E-state index contributed by atoms with van der Waals surface area (Å²) in [5, 5.41) is 11.6. The van der Waals surface area contributed by atoms with Gasteiger partial charge in [0.1, 0.15) is 17.4 Å². The van der Waals surface area contributed by atoms with E-state index in [2.05, 4.69) is 6.07 Å². The summed E-state index contributed by atoms with van der Waals surface area (Å²) >= 11 is 1.48. The summed E-state index contributed by atoms with van der Waals surface area (Å²) in [5.74, 6) is 1.25. The number of allylic oxidation sites excluding steroid dienone is 1. The molecule has 30 heavy (non-hydrogen) atoms. The molecule has 0 saturated carbocycles. The number of nitriles is 1. The van der Waals surface area contributed by atoms with Crippen molar-refractivity contribution in [3.05, 3.63) is 85.3 Å². The Morgan fingerprint density at radius 1 is 1.23 bits per heavy atom. The van der Waals surface area contributed by atoms with Crippen LogP contribution in [0.15, 0.2) is 58.0 Å². The number of hydrogen-bond acceptors (Lipinski definition) is 7. The lowest BCUT2D eigenvalue weighted by Gasteiger charge is -2.26. The molecule has 0 saturated heterocycles. The first kappa shape index (κ1) is 18.3. The molecule has 150 valence electrons. The van der Waals surface area contributed by atoms with Crippen LogP contribution in [-0.2, 0) is 6.54 Å². The van der Waals surface area contributed by atoms with Crippen LogP contribution in [0.5, 0.6) is 17.2 Å². The smallest absolute Gasteiger partial charge is 0.259 e. The molecule has 0 radical (unpaired) electrons. The molecule has 7 nitrogen and oxygen atoms in total. The summed E-state index contributed by atoms with van der Waals surface area (Å²) in [6.07, 6.45) is 0. The van der Waals surface area contributed by atoms with Gasteiger partial charge in [-0.15, -0.1) is 11.3 Å². The molecule has 2 aromatic heterocycles. The fraction of sp³-hybridized carbons (Fsp3) is 0.182. The normalized spacial score (nSPS) is 16.7. The molecule has 4 heterocycles. The molecule has 5 rings (SSSR count). The van der Waals surface area contributed by atoms with Gasteiger partial charge in [-0.05, 0) is 36.1 Å². The van der Waals surface area contributed by atoms with Gasteiger partial charge in [0, 0.05) is 16.6 Å². The van der Waals surface area contributed by atoms with Gasteiger partial charge in [-0.25, -0.2) is 0 Å². The van der Waals surface area contributed by atoms with Crippen molar-refractivity contribution in [2.24, 2.45) is 5.73 Å². The number of nitrogens with two attached hydrogens (primary N) is 1. The maximum atomic E-state index is 13.6. The SMILES string of the molecule is Cc1cc2c(c(=O)n1Cc1ccc3c(c1)OCO3)[C@H](c1cccs1)C(C#N)=C(N)O2. The molecule has 0 aliphatic carbocycles. The molecule has 0 amide bonds. The van der Waals surface area contributed by atoms with E-state index in [4.69, 9.17) is 19.9 Å². The van der Waals surface area contributed by atoms with Crippen molar-refractivity contribution in [3.8, 4) is 23.3 Å². The second kappa shape index (κ2) is 6.97. The molecular weight excluding hydrogens is 402 g/mol. The van der Waals surface area contributed by atoms with Gasteiger partial charge in [-0.1, -0.05) is 12.1 Å². The molecule has 1 atom stereocenters. The van der Waals surface area contributed by atoms with Crippen molar-refractivity contribution in [2.45, 2.75) is 19.4 Å². The molecule has 0 unspecified atom stereocenters. The molecule has 2 aliphatic heterocycles. The summed E-state index contributed by atoms with van der Waals surface area (Å²) in [4.78, 5) is 14.5. The fourth-order valence-electron chi connectivity index (χ4n) is 3.84. The minimum Gasteiger partial charge on any atom is -0.454 e. The average molecular weight is 419 g/mol. The van der Waals surface area contributed by atoms with E-state index in [0.29, 0.717) is 29.4 Å². The van der Waals surface area contributed by atoms with E-state index in [1.807, 2.05) is 42.6 Å². The highest BCUT2D eigenvalue weighted by Crippen LogP contribution is 2.42. The van der Waals surface area contributed by atoms with Crippen LogP contribution in [0.2, 0.25) is 0 Å².